The number of carboxylic acids is 1. The lowest BCUT2D eigenvalue weighted by Gasteiger charge is -2.11. The van der Waals surface area contributed by atoms with Gasteiger partial charge in [0.2, 0.25) is 5.91 Å². The Labute approximate surface area is 96.4 Å². The second kappa shape index (κ2) is 5.10. The van der Waals surface area contributed by atoms with E-state index in [0.717, 1.165) is 0 Å². The van der Waals surface area contributed by atoms with Gasteiger partial charge in [0.15, 0.2) is 0 Å². The minimum absolute atomic E-state index is 0.0724. The first-order valence-electron chi connectivity index (χ1n) is 4.70. The summed E-state index contributed by atoms with van der Waals surface area (Å²) in [6, 6.07) is -1.35. The first kappa shape index (κ1) is 12.7. The summed E-state index contributed by atoms with van der Waals surface area (Å²) in [6.45, 7) is 0. The van der Waals surface area contributed by atoms with Crippen molar-refractivity contribution in [1.82, 2.24) is 14.9 Å². The third-order valence-corrected chi connectivity index (χ3v) is 1.95. The minimum Gasteiger partial charge on any atom is -0.480 e. The lowest BCUT2D eigenvalue weighted by Crippen LogP contribution is -2.43. The summed E-state index contributed by atoms with van der Waals surface area (Å²) in [7, 11) is 1.67. The summed E-state index contributed by atoms with van der Waals surface area (Å²) in [5.41, 5.74) is 4.95. The number of nitrogens with one attached hydrogen (secondary N) is 1. The van der Waals surface area contributed by atoms with Crippen LogP contribution in [0.25, 0.3) is 0 Å². The highest BCUT2D eigenvalue weighted by Crippen LogP contribution is 1.98. The molecule has 8 nitrogen and oxygen atoms in total. The van der Waals surface area contributed by atoms with Crippen LogP contribution in [0.4, 0.5) is 0 Å². The Bertz CT molecular complexity index is 454. The van der Waals surface area contributed by atoms with Gasteiger partial charge >= 0.3 is 5.97 Å². The third-order valence-electron chi connectivity index (χ3n) is 1.95. The Morgan fingerprint density at radius 3 is 2.65 bits per heavy atom. The second-order valence-corrected chi connectivity index (χ2v) is 3.46. The molecule has 4 N–H and O–H groups in total. The normalized spacial score (nSPS) is 11.8. The number of aliphatic carboxylic acids is 1. The van der Waals surface area contributed by atoms with Crippen LogP contribution in [-0.4, -0.2) is 38.5 Å². The summed E-state index contributed by atoms with van der Waals surface area (Å²) in [4.78, 5) is 36.7. The van der Waals surface area contributed by atoms with E-state index in [-0.39, 0.29) is 5.69 Å². The van der Waals surface area contributed by atoms with Gasteiger partial charge in [0.05, 0.1) is 12.7 Å². The van der Waals surface area contributed by atoms with E-state index in [1.54, 1.807) is 11.6 Å². The molecule has 0 aliphatic carbocycles. The number of primary amides is 1. The monoisotopic (exact) mass is 240 g/mol. The van der Waals surface area contributed by atoms with Crippen LogP contribution in [0.1, 0.15) is 16.9 Å². The molecule has 8 heteroatoms. The number of hydrogen-bond acceptors (Lipinski definition) is 4. The zero-order valence-electron chi connectivity index (χ0n) is 9.08. The fourth-order valence-electron chi connectivity index (χ4n) is 1.16. The van der Waals surface area contributed by atoms with Gasteiger partial charge in [0.1, 0.15) is 11.7 Å². The number of nitrogens with two attached hydrogens (primary N) is 1. The maximum absolute atomic E-state index is 11.6. The van der Waals surface area contributed by atoms with E-state index in [4.69, 9.17) is 10.8 Å². The molecule has 0 saturated carbocycles. The van der Waals surface area contributed by atoms with Crippen LogP contribution in [-0.2, 0) is 16.6 Å². The average molecular weight is 240 g/mol. The number of nitrogens with zero attached hydrogens (tertiary/aromatic N) is 2. The van der Waals surface area contributed by atoms with E-state index < -0.39 is 30.2 Å². The van der Waals surface area contributed by atoms with Gasteiger partial charge in [-0.05, 0) is 0 Å². The first-order chi connectivity index (χ1) is 7.90. The largest absolute Gasteiger partial charge is 0.480 e. The molecule has 92 valence electrons. The van der Waals surface area contributed by atoms with Crippen molar-refractivity contribution in [3.05, 3.63) is 18.2 Å². The molecular weight excluding hydrogens is 228 g/mol. The Balaban J connectivity index is 2.70. The van der Waals surface area contributed by atoms with Crippen LogP contribution in [0.5, 0.6) is 0 Å². The van der Waals surface area contributed by atoms with Gasteiger partial charge in [-0.15, -0.1) is 0 Å². The predicted octanol–water partition coefficient (Wildman–Crippen LogP) is -1.52. The lowest BCUT2D eigenvalue weighted by molar-refractivity contribution is -0.140. The van der Waals surface area contributed by atoms with Gasteiger partial charge in [0, 0.05) is 13.2 Å². The number of amides is 2. The number of carbonyl (C=O) groups is 3. The van der Waals surface area contributed by atoms with Crippen LogP contribution in [0.15, 0.2) is 12.5 Å². The molecule has 0 aromatic carbocycles. The molecule has 1 aromatic rings. The molecule has 0 radical (unpaired) electrons. The molecular formula is C9H12N4O4. The number of rotatable bonds is 5. The van der Waals surface area contributed by atoms with Crippen molar-refractivity contribution in [2.45, 2.75) is 12.5 Å². The van der Waals surface area contributed by atoms with E-state index in [9.17, 15) is 14.4 Å². The number of imidazole rings is 1. The molecule has 1 atom stereocenters. The van der Waals surface area contributed by atoms with Crippen LogP contribution >= 0.6 is 0 Å². The van der Waals surface area contributed by atoms with Crippen LogP contribution in [0.2, 0.25) is 0 Å². The first-order valence-corrected chi connectivity index (χ1v) is 4.70. The number of carbonyl (C=O) groups excluding carboxylic acids is 2. The number of hydrogen-bond donors (Lipinski definition) is 3. The van der Waals surface area contributed by atoms with Crippen LogP contribution in [0, 0.1) is 0 Å². The second-order valence-electron chi connectivity index (χ2n) is 3.46. The van der Waals surface area contributed by atoms with E-state index in [1.165, 1.54) is 12.5 Å². The van der Waals surface area contributed by atoms with Crippen LogP contribution in [0.3, 0.4) is 0 Å². The maximum atomic E-state index is 11.6. The van der Waals surface area contributed by atoms with Gasteiger partial charge in [-0.2, -0.15) is 0 Å². The van der Waals surface area contributed by atoms with E-state index in [0.29, 0.717) is 0 Å². The van der Waals surface area contributed by atoms with Gasteiger partial charge in [-0.1, -0.05) is 0 Å². The molecule has 0 unspecified atom stereocenters. The van der Waals surface area contributed by atoms with Crippen molar-refractivity contribution in [1.29, 1.82) is 0 Å². The zero-order chi connectivity index (χ0) is 13.0. The fraction of sp³-hybridized carbons (Fsp3) is 0.333. The van der Waals surface area contributed by atoms with Crippen molar-refractivity contribution in [3.8, 4) is 0 Å². The molecule has 1 aromatic heterocycles. The maximum Gasteiger partial charge on any atom is 0.326 e. The summed E-state index contributed by atoms with van der Waals surface area (Å²) in [5, 5.41) is 10.9. The van der Waals surface area contributed by atoms with Crippen molar-refractivity contribution in [3.63, 3.8) is 0 Å². The van der Waals surface area contributed by atoms with Gasteiger partial charge in [-0.3, -0.25) is 9.59 Å². The average Bonchev–Trinajstić information content (AvgIpc) is 2.63. The van der Waals surface area contributed by atoms with Crippen molar-refractivity contribution in [2.24, 2.45) is 12.8 Å². The van der Waals surface area contributed by atoms with Gasteiger partial charge in [0.25, 0.3) is 5.91 Å². The molecule has 0 aliphatic rings. The van der Waals surface area contributed by atoms with E-state index in [2.05, 4.69) is 10.3 Å². The SMILES string of the molecule is Cn1cnc(C(=O)N[C@H](CC(N)=O)C(=O)O)c1. The molecule has 17 heavy (non-hydrogen) atoms. The Hall–Kier alpha value is -2.38. The van der Waals surface area contributed by atoms with E-state index >= 15 is 0 Å². The Kier molecular flexibility index (Phi) is 3.81. The predicted molar refractivity (Wildman–Crippen MR) is 55.9 cm³/mol. The van der Waals surface area contributed by atoms with Crippen LogP contribution < -0.4 is 11.1 Å². The quantitative estimate of drug-likeness (QED) is 0.575. The molecule has 0 aliphatic heterocycles. The number of aryl methyl sites for hydroxylation is 1. The fourth-order valence-corrected chi connectivity index (χ4v) is 1.16. The van der Waals surface area contributed by atoms with Crippen molar-refractivity contribution < 1.29 is 19.5 Å². The summed E-state index contributed by atoms with van der Waals surface area (Å²) >= 11 is 0. The molecule has 0 fully saturated rings. The smallest absolute Gasteiger partial charge is 0.326 e. The molecule has 1 heterocycles. The summed E-state index contributed by atoms with van der Waals surface area (Å²) < 4.78 is 1.54. The highest BCUT2D eigenvalue weighted by molar-refractivity contribution is 5.96. The molecule has 0 saturated heterocycles. The third kappa shape index (κ3) is 3.59. The van der Waals surface area contributed by atoms with Gasteiger partial charge in [-0.25, -0.2) is 9.78 Å². The standard InChI is InChI=1S/C9H12N4O4/c1-13-3-6(11-4-13)8(15)12-5(9(16)17)2-7(10)14/h3-5H,2H2,1H3,(H2,10,14)(H,12,15)(H,16,17)/t5-/m1/s1. The molecule has 2 amide bonds. The Morgan fingerprint density at radius 1 is 1.59 bits per heavy atom. The molecule has 0 spiro atoms. The van der Waals surface area contributed by atoms with Gasteiger partial charge < -0.3 is 20.7 Å². The summed E-state index contributed by atoms with van der Waals surface area (Å²) in [6.07, 6.45) is 2.37. The summed E-state index contributed by atoms with van der Waals surface area (Å²) in [5.74, 6) is -2.80. The minimum atomic E-state index is -1.35. The lowest BCUT2D eigenvalue weighted by atomic mass is 10.2. The number of carboxylic acid groups (broad SMARTS) is 1. The topological polar surface area (TPSA) is 127 Å². The molecule has 0 bridgehead atoms. The van der Waals surface area contributed by atoms with Crippen molar-refractivity contribution in [2.75, 3.05) is 0 Å². The van der Waals surface area contributed by atoms with Crippen molar-refractivity contribution >= 4 is 17.8 Å². The highest BCUT2D eigenvalue weighted by Gasteiger charge is 2.23. The zero-order valence-corrected chi connectivity index (χ0v) is 9.08. The highest BCUT2D eigenvalue weighted by atomic mass is 16.4. The van der Waals surface area contributed by atoms with E-state index in [1.807, 2.05) is 0 Å². The number of aromatic nitrogens is 2. The molecule has 1 rings (SSSR count). The Morgan fingerprint density at radius 2 is 2.24 bits per heavy atom.